The molecule has 4 nitrogen and oxygen atoms in total. The van der Waals surface area contributed by atoms with Gasteiger partial charge in [-0.3, -0.25) is 0 Å². The topological polar surface area (TPSA) is 41.8 Å². The molecule has 1 atom stereocenters. The first-order valence-corrected chi connectivity index (χ1v) is 6.79. The second-order valence-corrected chi connectivity index (χ2v) is 4.90. The van der Waals surface area contributed by atoms with Crippen LogP contribution in [0.25, 0.3) is 0 Å². The standard InChI is InChI=1S/C16H18NO3/c1-18-13-7-3-5-11(9-13)15-17-16(20-15)12-6-4-8-14(10-12)19-2/h3,5,7-8,10,13H,4,6,9H2,1-2H3/q+1. The zero-order chi connectivity index (χ0) is 13.9. The smallest absolute Gasteiger partial charge is 0.497 e. The van der Waals surface area contributed by atoms with Gasteiger partial charge in [-0.1, -0.05) is 12.2 Å². The van der Waals surface area contributed by atoms with Crippen molar-refractivity contribution in [2.45, 2.75) is 25.4 Å². The van der Waals surface area contributed by atoms with Gasteiger partial charge in [-0.05, 0) is 31.1 Å². The van der Waals surface area contributed by atoms with E-state index < -0.39 is 0 Å². The molecule has 2 aliphatic carbocycles. The summed E-state index contributed by atoms with van der Waals surface area (Å²) in [5.74, 6) is 2.30. The molecule has 0 saturated heterocycles. The second kappa shape index (κ2) is 5.53. The highest BCUT2D eigenvalue weighted by Crippen LogP contribution is 2.23. The quantitative estimate of drug-likeness (QED) is 0.735. The van der Waals surface area contributed by atoms with E-state index >= 15 is 0 Å². The third kappa shape index (κ3) is 2.48. The fourth-order valence-corrected chi connectivity index (χ4v) is 2.42. The van der Waals surface area contributed by atoms with Crippen molar-refractivity contribution in [2.24, 2.45) is 0 Å². The highest BCUT2D eigenvalue weighted by atomic mass is 16.5. The van der Waals surface area contributed by atoms with Gasteiger partial charge in [0.05, 0.1) is 24.4 Å². The lowest BCUT2D eigenvalue weighted by molar-refractivity contribution is 0.141. The van der Waals surface area contributed by atoms with Gasteiger partial charge in [0.15, 0.2) is 0 Å². The van der Waals surface area contributed by atoms with Crippen LogP contribution in [-0.2, 0) is 14.2 Å². The van der Waals surface area contributed by atoms with Gasteiger partial charge in [-0.2, -0.15) is 0 Å². The van der Waals surface area contributed by atoms with Crippen LogP contribution < -0.4 is 4.67 Å². The molecule has 0 radical (unpaired) electrons. The van der Waals surface area contributed by atoms with E-state index in [0.29, 0.717) is 11.8 Å². The Hall–Kier alpha value is -2.03. The molecule has 3 rings (SSSR count). The SMILES string of the molecule is COC1=CCCC(C2=[N+]=C(C3=CC=CC(OC)C3)O2)=C1. The van der Waals surface area contributed by atoms with Crippen molar-refractivity contribution in [1.29, 1.82) is 0 Å². The first kappa shape index (κ1) is 13.0. The van der Waals surface area contributed by atoms with Crippen LogP contribution in [0, 0.1) is 0 Å². The number of nitrogens with zero attached hydrogens (tertiary/aromatic N) is 1. The molecule has 0 bridgehead atoms. The summed E-state index contributed by atoms with van der Waals surface area (Å²) in [6.45, 7) is 0. The molecule has 0 aromatic carbocycles. The minimum absolute atomic E-state index is 0.113. The van der Waals surface area contributed by atoms with Crippen LogP contribution in [0.15, 0.2) is 47.3 Å². The van der Waals surface area contributed by atoms with Crippen LogP contribution in [0.2, 0.25) is 0 Å². The van der Waals surface area contributed by atoms with Crippen LogP contribution >= 0.6 is 0 Å². The van der Waals surface area contributed by atoms with Gasteiger partial charge in [-0.15, -0.1) is 0 Å². The molecule has 4 heteroatoms. The Balaban J connectivity index is 1.78. The molecule has 1 aliphatic heterocycles. The van der Waals surface area contributed by atoms with Crippen LogP contribution in [0.4, 0.5) is 0 Å². The van der Waals surface area contributed by atoms with Crippen molar-refractivity contribution >= 4 is 11.8 Å². The molecule has 3 aliphatic rings. The Morgan fingerprint density at radius 2 is 2.05 bits per heavy atom. The number of hydrogen-bond donors (Lipinski definition) is 0. The Morgan fingerprint density at radius 3 is 2.80 bits per heavy atom. The summed E-state index contributed by atoms with van der Waals surface area (Å²) >= 11 is 0. The second-order valence-electron chi connectivity index (χ2n) is 4.90. The fourth-order valence-electron chi connectivity index (χ4n) is 2.42. The van der Waals surface area contributed by atoms with E-state index in [-0.39, 0.29) is 6.10 Å². The molecule has 0 fully saturated rings. The van der Waals surface area contributed by atoms with Crippen molar-refractivity contribution < 1.29 is 14.2 Å². The zero-order valence-corrected chi connectivity index (χ0v) is 11.8. The molecule has 20 heavy (non-hydrogen) atoms. The summed E-state index contributed by atoms with van der Waals surface area (Å²) in [5, 5.41) is 0. The lowest BCUT2D eigenvalue weighted by Crippen LogP contribution is -2.33. The summed E-state index contributed by atoms with van der Waals surface area (Å²) in [6.07, 6.45) is 12.9. The molecule has 104 valence electrons. The highest BCUT2D eigenvalue weighted by molar-refractivity contribution is 6.14. The van der Waals surface area contributed by atoms with Gasteiger partial charge >= 0.3 is 11.8 Å². The Labute approximate surface area is 118 Å². The van der Waals surface area contributed by atoms with E-state index in [4.69, 9.17) is 14.2 Å². The van der Waals surface area contributed by atoms with E-state index in [1.807, 2.05) is 24.3 Å². The molecular formula is C16H18NO3+. The number of rotatable bonds is 4. The molecule has 1 unspecified atom stereocenters. The lowest BCUT2D eigenvalue weighted by atomic mass is 10.0. The van der Waals surface area contributed by atoms with Crippen molar-refractivity contribution in [1.82, 2.24) is 4.67 Å². The predicted molar refractivity (Wildman–Crippen MR) is 78.3 cm³/mol. The Bertz CT molecular complexity index is 601. The predicted octanol–water partition coefficient (Wildman–Crippen LogP) is 2.03. The summed E-state index contributed by atoms with van der Waals surface area (Å²) in [7, 11) is 3.39. The molecule has 0 amide bonds. The number of allylic oxidation sites excluding steroid dienone is 4. The first-order chi connectivity index (χ1) is 9.80. The zero-order valence-electron chi connectivity index (χ0n) is 11.8. The summed E-state index contributed by atoms with van der Waals surface area (Å²) in [4.78, 5) is 0. The molecule has 0 N–H and O–H groups in total. The number of methoxy groups -OCH3 is 2. The third-order valence-electron chi connectivity index (χ3n) is 3.60. The Kier molecular flexibility index (Phi) is 3.59. The normalized spacial score (nSPS) is 24.5. The van der Waals surface area contributed by atoms with Crippen LogP contribution in [0.5, 0.6) is 0 Å². The van der Waals surface area contributed by atoms with E-state index in [2.05, 4.69) is 10.7 Å². The maximum absolute atomic E-state index is 5.76. The van der Waals surface area contributed by atoms with Crippen molar-refractivity contribution in [2.75, 3.05) is 14.2 Å². The van der Waals surface area contributed by atoms with Gasteiger partial charge in [0.2, 0.25) is 0 Å². The largest absolute Gasteiger partial charge is 0.506 e. The minimum atomic E-state index is 0.113. The summed E-state index contributed by atoms with van der Waals surface area (Å²) < 4.78 is 20.8. The summed E-state index contributed by atoms with van der Waals surface area (Å²) in [5.41, 5.74) is 2.19. The molecule has 0 saturated carbocycles. The molecule has 0 aromatic heterocycles. The first-order valence-electron chi connectivity index (χ1n) is 6.79. The van der Waals surface area contributed by atoms with E-state index in [1.165, 1.54) is 0 Å². The van der Waals surface area contributed by atoms with Crippen LogP contribution in [-0.4, -0.2) is 32.1 Å². The van der Waals surface area contributed by atoms with Crippen molar-refractivity contribution in [3.8, 4) is 0 Å². The van der Waals surface area contributed by atoms with Crippen molar-refractivity contribution in [3.05, 3.63) is 47.3 Å². The third-order valence-corrected chi connectivity index (χ3v) is 3.60. The number of hydrogen-bond acceptors (Lipinski definition) is 3. The maximum atomic E-state index is 5.76. The van der Waals surface area contributed by atoms with E-state index in [1.54, 1.807) is 14.2 Å². The van der Waals surface area contributed by atoms with Gasteiger partial charge in [0.1, 0.15) is 5.76 Å². The fraction of sp³-hybridized carbons (Fsp3) is 0.375. The van der Waals surface area contributed by atoms with Crippen molar-refractivity contribution in [3.63, 3.8) is 0 Å². The maximum Gasteiger partial charge on any atom is 0.506 e. The van der Waals surface area contributed by atoms with Gasteiger partial charge < -0.3 is 14.2 Å². The molecule has 0 aromatic rings. The van der Waals surface area contributed by atoms with Gasteiger partial charge in [0.25, 0.3) is 0 Å². The molecule has 0 spiro atoms. The minimum Gasteiger partial charge on any atom is -0.497 e. The van der Waals surface area contributed by atoms with Crippen LogP contribution in [0.1, 0.15) is 19.3 Å². The lowest BCUT2D eigenvalue weighted by Gasteiger charge is -2.15. The monoisotopic (exact) mass is 272 g/mol. The Morgan fingerprint density at radius 1 is 1.25 bits per heavy atom. The average Bonchev–Trinajstić information content (AvgIpc) is 2.46. The highest BCUT2D eigenvalue weighted by Gasteiger charge is 2.39. The number of ether oxygens (including phenoxy) is 3. The average molecular weight is 272 g/mol. The molecule has 1 heterocycles. The van der Waals surface area contributed by atoms with Crippen LogP contribution in [0.3, 0.4) is 0 Å². The molecular weight excluding hydrogens is 254 g/mol. The summed E-state index contributed by atoms with van der Waals surface area (Å²) in [6, 6.07) is 0. The van der Waals surface area contributed by atoms with Gasteiger partial charge in [-0.25, -0.2) is 0 Å². The van der Waals surface area contributed by atoms with Gasteiger partial charge in [0, 0.05) is 18.2 Å². The van der Waals surface area contributed by atoms with E-state index in [0.717, 1.165) is 36.2 Å². The van der Waals surface area contributed by atoms with E-state index in [9.17, 15) is 0 Å².